The second-order valence-corrected chi connectivity index (χ2v) is 8.34. The largest absolute Gasteiger partial charge is 0.457 e. The zero-order chi connectivity index (χ0) is 23.5. The second kappa shape index (κ2) is 9.35. The third-order valence-electron chi connectivity index (χ3n) is 5.81. The molecule has 0 saturated heterocycles. The van der Waals surface area contributed by atoms with Crippen LogP contribution in [0.1, 0.15) is 36.4 Å². The van der Waals surface area contributed by atoms with Crippen molar-refractivity contribution in [1.82, 2.24) is 14.8 Å². The molecule has 2 aromatic carbocycles. The fourth-order valence-electron chi connectivity index (χ4n) is 3.82. The Labute approximate surface area is 196 Å². The molecule has 0 spiro atoms. The van der Waals surface area contributed by atoms with E-state index in [9.17, 15) is 9.18 Å². The molecule has 2 N–H and O–H groups in total. The van der Waals surface area contributed by atoms with Gasteiger partial charge in [0, 0.05) is 30.4 Å². The minimum Gasteiger partial charge on any atom is -0.457 e. The molecule has 2 amide bonds. The van der Waals surface area contributed by atoms with Crippen LogP contribution < -0.4 is 15.4 Å². The summed E-state index contributed by atoms with van der Waals surface area (Å²) < 4.78 is 22.0. The third kappa shape index (κ3) is 4.76. The first-order valence-corrected chi connectivity index (χ1v) is 11.2. The Hall–Kier alpha value is -4.20. The highest BCUT2D eigenvalue weighted by atomic mass is 19.1. The molecule has 2 heterocycles. The lowest BCUT2D eigenvalue weighted by Crippen LogP contribution is -2.22. The van der Waals surface area contributed by atoms with Crippen LogP contribution in [-0.2, 0) is 0 Å². The molecule has 0 radical (unpaired) electrons. The van der Waals surface area contributed by atoms with Crippen LogP contribution in [0, 0.1) is 12.7 Å². The molecule has 172 valence electrons. The summed E-state index contributed by atoms with van der Waals surface area (Å²) in [5, 5.41) is 10.2. The molecule has 0 bridgehead atoms. The van der Waals surface area contributed by atoms with Crippen molar-refractivity contribution in [1.29, 1.82) is 0 Å². The number of hydrogen-bond acceptors (Lipinski definition) is 4. The standard InChI is InChI=1S/C26H24FN5O2/c1-17-4-2-7-19(14-17)32-25(16-24(31-32)18-5-3-6-18)30-26(33)29-23-9-8-21(15-22(23)27)34-20-10-12-28-13-11-20/h2,4,7-16,18H,3,5-6H2,1H3,(H2,29,30,33). The van der Waals surface area contributed by atoms with Crippen LogP contribution in [0.15, 0.2) is 73.1 Å². The van der Waals surface area contributed by atoms with E-state index in [1.54, 1.807) is 35.3 Å². The number of halogens is 1. The zero-order valence-electron chi connectivity index (χ0n) is 18.7. The summed E-state index contributed by atoms with van der Waals surface area (Å²) in [5.74, 6) is 1.18. The average Bonchev–Trinajstić information content (AvgIpc) is 3.18. The Balaban J connectivity index is 1.33. The first-order chi connectivity index (χ1) is 16.5. The molecule has 1 aliphatic carbocycles. The van der Waals surface area contributed by atoms with Gasteiger partial charge in [0.15, 0.2) is 0 Å². The van der Waals surface area contributed by atoms with E-state index in [0.717, 1.165) is 29.8 Å². The molecule has 5 rings (SSSR count). The van der Waals surface area contributed by atoms with E-state index in [1.165, 1.54) is 18.6 Å². The number of ether oxygens (including phenoxy) is 1. The van der Waals surface area contributed by atoms with Crippen LogP contribution in [0.25, 0.3) is 5.69 Å². The summed E-state index contributed by atoms with van der Waals surface area (Å²) in [4.78, 5) is 16.7. The monoisotopic (exact) mass is 457 g/mol. The Bertz CT molecular complexity index is 1320. The number of nitrogens with one attached hydrogen (secondary N) is 2. The molecule has 8 heteroatoms. The number of urea groups is 1. The number of hydrogen-bond donors (Lipinski definition) is 2. The lowest BCUT2D eigenvalue weighted by molar-refractivity contribution is 0.262. The number of anilines is 2. The van der Waals surface area contributed by atoms with Gasteiger partial charge in [-0.3, -0.25) is 10.3 Å². The maximum atomic E-state index is 14.7. The highest BCUT2D eigenvalue weighted by molar-refractivity contribution is 5.99. The lowest BCUT2D eigenvalue weighted by atomic mass is 9.83. The van der Waals surface area contributed by atoms with Crippen LogP contribution >= 0.6 is 0 Å². The maximum absolute atomic E-state index is 14.7. The molecule has 0 atom stereocenters. The molecule has 1 aliphatic rings. The van der Waals surface area contributed by atoms with Gasteiger partial charge in [0.25, 0.3) is 0 Å². The summed E-state index contributed by atoms with van der Waals surface area (Å²) in [5.41, 5.74) is 2.93. The predicted octanol–water partition coefficient (Wildman–Crippen LogP) is 6.42. The van der Waals surface area contributed by atoms with Gasteiger partial charge in [0.05, 0.1) is 17.1 Å². The van der Waals surface area contributed by atoms with E-state index in [2.05, 4.69) is 15.6 Å². The summed E-state index contributed by atoms with van der Waals surface area (Å²) in [6, 6.07) is 16.9. The van der Waals surface area contributed by atoms with Crippen molar-refractivity contribution in [2.45, 2.75) is 32.1 Å². The molecular formula is C26H24FN5O2. The number of nitrogens with zero attached hydrogens (tertiary/aromatic N) is 3. The number of carbonyl (C=O) groups is 1. The topological polar surface area (TPSA) is 81.1 Å². The van der Waals surface area contributed by atoms with E-state index in [1.807, 2.05) is 37.3 Å². The number of carbonyl (C=O) groups excluding carboxylic acids is 1. The number of aromatic nitrogens is 3. The van der Waals surface area contributed by atoms with Gasteiger partial charge in [-0.05, 0) is 61.7 Å². The van der Waals surface area contributed by atoms with Gasteiger partial charge >= 0.3 is 6.03 Å². The van der Waals surface area contributed by atoms with Gasteiger partial charge in [-0.1, -0.05) is 18.6 Å². The third-order valence-corrected chi connectivity index (χ3v) is 5.81. The van der Waals surface area contributed by atoms with E-state index < -0.39 is 11.8 Å². The SMILES string of the molecule is Cc1cccc(-n2nc(C3CCC3)cc2NC(=O)Nc2ccc(Oc3ccncc3)cc2F)c1. The zero-order valence-corrected chi connectivity index (χ0v) is 18.7. The van der Waals surface area contributed by atoms with Gasteiger partial charge in [0.2, 0.25) is 0 Å². The number of amides is 2. The summed E-state index contributed by atoms with van der Waals surface area (Å²) in [7, 11) is 0. The summed E-state index contributed by atoms with van der Waals surface area (Å²) >= 11 is 0. The maximum Gasteiger partial charge on any atom is 0.324 e. The Kier molecular flexibility index (Phi) is 5.95. The first kappa shape index (κ1) is 21.6. The summed E-state index contributed by atoms with van der Waals surface area (Å²) in [6.45, 7) is 2.00. The molecule has 34 heavy (non-hydrogen) atoms. The van der Waals surface area contributed by atoms with Gasteiger partial charge in [-0.2, -0.15) is 5.10 Å². The van der Waals surface area contributed by atoms with Crippen LogP contribution in [0.2, 0.25) is 0 Å². The predicted molar refractivity (Wildman–Crippen MR) is 128 cm³/mol. The summed E-state index contributed by atoms with van der Waals surface area (Å²) in [6.07, 6.45) is 6.55. The van der Waals surface area contributed by atoms with Crippen molar-refractivity contribution in [2.75, 3.05) is 10.6 Å². The highest BCUT2D eigenvalue weighted by Crippen LogP contribution is 2.37. The van der Waals surface area contributed by atoms with Crippen molar-refractivity contribution in [3.63, 3.8) is 0 Å². The minimum absolute atomic E-state index is 0.0421. The Morgan fingerprint density at radius 3 is 2.56 bits per heavy atom. The fourth-order valence-corrected chi connectivity index (χ4v) is 3.82. The molecule has 0 aliphatic heterocycles. The molecule has 2 aromatic heterocycles. The highest BCUT2D eigenvalue weighted by Gasteiger charge is 2.24. The fraction of sp³-hybridized carbons (Fsp3) is 0.192. The number of rotatable bonds is 6. The first-order valence-electron chi connectivity index (χ1n) is 11.2. The van der Waals surface area contributed by atoms with Crippen LogP contribution in [0.4, 0.5) is 20.7 Å². The van der Waals surface area contributed by atoms with E-state index in [0.29, 0.717) is 23.2 Å². The smallest absolute Gasteiger partial charge is 0.324 e. The normalized spacial score (nSPS) is 13.2. The molecule has 1 fully saturated rings. The van der Waals surface area contributed by atoms with Crippen molar-refractivity contribution in [2.24, 2.45) is 0 Å². The molecule has 1 saturated carbocycles. The quantitative estimate of drug-likeness (QED) is 0.350. The molecule has 7 nitrogen and oxygen atoms in total. The van der Waals surface area contributed by atoms with Crippen molar-refractivity contribution in [3.8, 4) is 17.2 Å². The Morgan fingerprint density at radius 2 is 1.85 bits per heavy atom. The lowest BCUT2D eigenvalue weighted by Gasteiger charge is -2.22. The minimum atomic E-state index is -0.607. The van der Waals surface area contributed by atoms with Crippen molar-refractivity contribution < 1.29 is 13.9 Å². The molecule has 0 unspecified atom stereocenters. The van der Waals surface area contributed by atoms with Crippen LogP contribution in [-0.4, -0.2) is 20.8 Å². The number of benzene rings is 2. The average molecular weight is 458 g/mol. The van der Waals surface area contributed by atoms with Gasteiger partial charge < -0.3 is 10.1 Å². The molecule has 4 aromatic rings. The number of pyridine rings is 1. The van der Waals surface area contributed by atoms with Crippen molar-refractivity contribution in [3.05, 3.63) is 90.1 Å². The number of aryl methyl sites for hydroxylation is 1. The van der Waals surface area contributed by atoms with E-state index in [-0.39, 0.29) is 5.69 Å². The van der Waals surface area contributed by atoms with E-state index in [4.69, 9.17) is 9.84 Å². The Morgan fingerprint density at radius 1 is 1.03 bits per heavy atom. The van der Waals surface area contributed by atoms with Crippen LogP contribution in [0.3, 0.4) is 0 Å². The van der Waals surface area contributed by atoms with Gasteiger partial charge in [-0.25, -0.2) is 13.9 Å². The van der Waals surface area contributed by atoms with Gasteiger partial charge in [-0.15, -0.1) is 0 Å². The van der Waals surface area contributed by atoms with Crippen LogP contribution in [0.5, 0.6) is 11.5 Å². The second-order valence-electron chi connectivity index (χ2n) is 8.34. The van der Waals surface area contributed by atoms with Crippen molar-refractivity contribution >= 4 is 17.5 Å². The van der Waals surface area contributed by atoms with E-state index >= 15 is 0 Å². The van der Waals surface area contributed by atoms with Gasteiger partial charge in [0.1, 0.15) is 23.1 Å². The molecular weight excluding hydrogens is 433 g/mol.